The van der Waals surface area contributed by atoms with E-state index in [1.54, 1.807) is 23.7 Å². The van der Waals surface area contributed by atoms with Gasteiger partial charge in [-0.2, -0.15) is 0 Å². The topological polar surface area (TPSA) is 64.1 Å². The third-order valence-corrected chi connectivity index (χ3v) is 3.80. The lowest BCUT2D eigenvalue weighted by atomic mass is 10.3. The van der Waals surface area contributed by atoms with E-state index >= 15 is 0 Å². The van der Waals surface area contributed by atoms with Gasteiger partial charge in [-0.15, -0.1) is 11.3 Å². The molecule has 0 radical (unpaired) electrons. The van der Waals surface area contributed by atoms with Gasteiger partial charge < -0.3 is 10.1 Å². The highest BCUT2D eigenvalue weighted by Crippen LogP contribution is 2.30. The standard InChI is InChI=1S/C11H10BrN3O2S/c1-17-10(16)6-15-11-13-4-7(5-14-11)8-2-3-9(12)18-8/h2-5H,6H2,1H3,(H,13,14,15). The highest BCUT2D eigenvalue weighted by atomic mass is 79.9. The van der Waals surface area contributed by atoms with Gasteiger partial charge in [0.05, 0.1) is 10.9 Å². The zero-order valence-corrected chi connectivity index (χ0v) is 11.9. The van der Waals surface area contributed by atoms with Gasteiger partial charge in [-0.3, -0.25) is 4.79 Å². The van der Waals surface area contributed by atoms with Crippen molar-refractivity contribution in [3.8, 4) is 10.4 Å². The Balaban J connectivity index is 2.03. The first-order valence-corrected chi connectivity index (χ1v) is 6.68. The smallest absolute Gasteiger partial charge is 0.325 e. The number of rotatable bonds is 4. The molecule has 0 spiro atoms. The predicted molar refractivity (Wildman–Crippen MR) is 73.6 cm³/mol. The van der Waals surface area contributed by atoms with Crippen LogP contribution in [-0.2, 0) is 9.53 Å². The van der Waals surface area contributed by atoms with Crippen molar-refractivity contribution in [1.82, 2.24) is 9.97 Å². The number of ether oxygens (including phenoxy) is 1. The van der Waals surface area contributed by atoms with Gasteiger partial charge in [0.2, 0.25) is 5.95 Å². The predicted octanol–water partition coefficient (Wildman–Crippen LogP) is 2.55. The Morgan fingerprint density at radius 1 is 1.44 bits per heavy atom. The van der Waals surface area contributed by atoms with Gasteiger partial charge in [0.25, 0.3) is 0 Å². The Morgan fingerprint density at radius 2 is 2.17 bits per heavy atom. The first kappa shape index (κ1) is 13.0. The van der Waals surface area contributed by atoms with Crippen LogP contribution in [0.5, 0.6) is 0 Å². The molecule has 0 bridgehead atoms. The summed E-state index contributed by atoms with van der Waals surface area (Å²) in [5.41, 5.74) is 0.939. The van der Waals surface area contributed by atoms with E-state index in [2.05, 4.69) is 36.0 Å². The highest BCUT2D eigenvalue weighted by Gasteiger charge is 2.04. The molecule has 0 aromatic carbocycles. The van der Waals surface area contributed by atoms with Crippen LogP contribution in [0.1, 0.15) is 0 Å². The fourth-order valence-electron chi connectivity index (χ4n) is 1.24. The number of halogens is 1. The molecule has 0 aliphatic rings. The lowest BCUT2D eigenvalue weighted by Gasteiger charge is -2.03. The largest absolute Gasteiger partial charge is 0.468 e. The normalized spacial score (nSPS) is 10.1. The molecule has 5 nitrogen and oxygen atoms in total. The summed E-state index contributed by atoms with van der Waals surface area (Å²) in [5, 5.41) is 2.78. The van der Waals surface area contributed by atoms with Crippen molar-refractivity contribution in [2.24, 2.45) is 0 Å². The van der Waals surface area contributed by atoms with Crippen molar-refractivity contribution >= 4 is 39.2 Å². The number of carbonyl (C=O) groups excluding carboxylic acids is 1. The molecule has 2 heterocycles. The number of methoxy groups -OCH3 is 1. The molecular formula is C11H10BrN3O2S. The Bertz CT molecular complexity index is 541. The van der Waals surface area contributed by atoms with Crippen molar-refractivity contribution in [1.29, 1.82) is 0 Å². The van der Waals surface area contributed by atoms with Gasteiger partial charge in [0, 0.05) is 22.8 Å². The molecule has 94 valence electrons. The number of nitrogens with one attached hydrogen (secondary N) is 1. The lowest BCUT2D eigenvalue weighted by Crippen LogP contribution is -2.16. The van der Waals surface area contributed by atoms with Crippen LogP contribution in [0.4, 0.5) is 5.95 Å². The molecule has 0 saturated heterocycles. The van der Waals surface area contributed by atoms with E-state index in [1.807, 2.05) is 12.1 Å². The van der Waals surface area contributed by atoms with Crippen LogP contribution in [0.3, 0.4) is 0 Å². The first-order chi connectivity index (χ1) is 8.69. The average molecular weight is 328 g/mol. The van der Waals surface area contributed by atoms with Crippen molar-refractivity contribution in [2.75, 3.05) is 19.0 Å². The molecule has 18 heavy (non-hydrogen) atoms. The van der Waals surface area contributed by atoms with Crippen molar-refractivity contribution in [3.05, 3.63) is 28.3 Å². The summed E-state index contributed by atoms with van der Waals surface area (Å²) in [6, 6.07) is 3.97. The van der Waals surface area contributed by atoms with Crippen LogP contribution in [0.2, 0.25) is 0 Å². The molecule has 2 aromatic heterocycles. The zero-order chi connectivity index (χ0) is 13.0. The van der Waals surface area contributed by atoms with Gasteiger partial charge >= 0.3 is 5.97 Å². The number of hydrogen-bond donors (Lipinski definition) is 1. The number of esters is 1. The van der Waals surface area contributed by atoms with Crippen molar-refractivity contribution < 1.29 is 9.53 Å². The molecule has 2 aromatic rings. The quantitative estimate of drug-likeness (QED) is 0.874. The second-order valence-electron chi connectivity index (χ2n) is 3.33. The molecule has 0 amide bonds. The van der Waals surface area contributed by atoms with Crippen LogP contribution < -0.4 is 5.32 Å². The summed E-state index contributed by atoms with van der Waals surface area (Å²) >= 11 is 5.02. The van der Waals surface area contributed by atoms with Crippen molar-refractivity contribution in [3.63, 3.8) is 0 Å². The molecule has 0 unspecified atom stereocenters. The molecule has 0 fully saturated rings. The van der Waals surface area contributed by atoms with Crippen LogP contribution in [0.15, 0.2) is 28.3 Å². The maximum Gasteiger partial charge on any atom is 0.325 e. The second kappa shape index (κ2) is 5.92. The van der Waals surface area contributed by atoms with Gasteiger partial charge in [0.1, 0.15) is 6.54 Å². The van der Waals surface area contributed by atoms with E-state index in [0.29, 0.717) is 5.95 Å². The monoisotopic (exact) mass is 327 g/mol. The summed E-state index contributed by atoms with van der Waals surface area (Å²) in [4.78, 5) is 20.3. The Morgan fingerprint density at radius 3 is 2.72 bits per heavy atom. The van der Waals surface area contributed by atoms with E-state index in [-0.39, 0.29) is 12.5 Å². The summed E-state index contributed by atoms with van der Waals surface area (Å²) in [7, 11) is 1.34. The number of thiophene rings is 1. The number of anilines is 1. The van der Waals surface area contributed by atoms with Crippen LogP contribution in [0, 0.1) is 0 Å². The third kappa shape index (κ3) is 3.27. The van der Waals surface area contributed by atoms with Crippen LogP contribution >= 0.6 is 27.3 Å². The maximum atomic E-state index is 10.9. The molecule has 1 N–H and O–H groups in total. The van der Waals surface area contributed by atoms with Gasteiger partial charge in [-0.25, -0.2) is 9.97 Å². The zero-order valence-electron chi connectivity index (χ0n) is 9.51. The molecule has 0 aliphatic heterocycles. The van der Waals surface area contributed by atoms with Gasteiger partial charge in [-0.1, -0.05) is 0 Å². The summed E-state index contributed by atoms with van der Waals surface area (Å²) in [5.74, 6) is 0.0460. The molecule has 7 heteroatoms. The summed E-state index contributed by atoms with van der Waals surface area (Å²) in [6.07, 6.45) is 3.43. The molecular weight excluding hydrogens is 318 g/mol. The fourth-order valence-corrected chi connectivity index (χ4v) is 2.60. The Kier molecular flexibility index (Phi) is 4.27. The third-order valence-electron chi connectivity index (χ3n) is 2.13. The number of hydrogen-bond acceptors (Lipinski definition) is 6. The van der Waals surface area contributed by atoms with Crippen molar-refractivity contribution in [2.45, 2.75) is 0 Å². The van der Waals surface area contributed by atoms with Gasteiger partial charge in [0.15, 0.2) is 0 Å². The first-order valence-electron chi connectivity index (χ1n) is 5.07. The van der Waals surface area contributed by atoms with E-state index in [4.69, 9.17) is 0 Å². The average Bonchev–Trinajstić information content (AvgIpc) is 2.83. The number of carbonyl (C=O) groups is 1. The molecule has 0 atom stereocenters. The van der Waals surface area contributed by atoms with E-state index in [9.17, 15) is 4.79 Å². The van der Waals surface area contributed by atoms with E-state index < -0.39 is 0 Å². The Labute approximate surface area is 116 Å². The summed E-state index contributed by atoms with van der Waals surface area (Å²) < 4.78 is 5.57. The van der Waals surface area contributed by atoms with Crippen LogP contribution in [-0.4, -0.2) is 29.6 Å². The maximum absolute atomic E-state index is 10.9. The lowest BCUT2D eigenvalue weighted by molar-refractivity contribution is -0.138. The van der Waals surface area contributed by atoms with Crippen LogP contribution in [0.25, 0.3) is 10.4 Å². The van der Waals surface area contributed by atoms with E-state index in [1.165, 1.54) is 7.11 Å². The minimum absolute atomic E-state index is 0.0559. The molecule has 0 saturated carbocycles. The SMILES string of the molecule is COC(=O)CNc1ncc(-c2ccc(Br)s2)cn1. The second-order valence-corrected chi connectivity index (χ2v) is 5.79. The van der Waals surface area contributed by atoms with Gasteiger partial charge in [-0.05, 0) is 28.1 Å². The Hall–Kier alpha value is -1.47. The number of nitrogens with zero attached hydrogens (tertiary/aromatic N) is 2. The minimum Gasteiger partial charge on any atom is -0.468 e. The minimum atomic E-state index is -0.357. The molecule has 2 rings (SSSR count). The summed E-state index contributed by atoms with van der Waals surface area (Å²) in [6.45, 7) is 0.0559. The molecule has 0 aliphatic carbocycles. The highest BCUT2D eigenvalue weighted by molar-refractivity contribution is 9.11. The fraction of sp³-hybridized carbons (Fsp3) is 0.182. The van der Waals surface area contributed by atoms with E-state index in [0.717, 1.165) is 14.2 Å². The number of aromatic nitrogens is 2.